The van der Waals surface area contributed by atoms with Gasteiger partial charge in [0.05, 0.1) is 10.7 Å². The van der Waals surface area contributed by atoms with Gasteiger partial charge in [-0.25, -0.2) is 8.42 Å². The molecular weight excluding hydrogens is 312 g/mol. The number of aliphatic carboxylic acids is 1. The van der Waals surface area contributed by atoms with Crippen LogP contribution in [0.3, 0.4) is 0 Å². The first kappa shape index (κ1) is 16.4. The fourth-order valence-electron chi connectivity index (χ4n) is 2.47. The van der Waals surface area contributed by atoms with Crippen LogP contribution in [0.5, 0.6) is 0 Å². The van der Waals surface area contributed by atoms with E-state index >= 15 is 0 Å². The number of sulfonamides is 1. The van der Waals surface area contributed by atoms with Crippen molar-refractivity contribution < 1.29 is 23.2 Å². The maximum absolute atomic E-state index is 12.3. The van der Waals surface area contributed by atoms with Crippen molar-refractivity contribution >= 4 is 21.7 Å². The molecule has 1 heterocycles. The van der Waals surface area contributed by atoms with Crippen LogP contribution in [0, 0.1) is 10.1 Å². The summed E-state index contributed by atoms with van der Waals surface area (Å²) >= 11 is 0. The van der Waals surface area contributed by atoms with E-state index in [0.717, 1.165) is 4.31 Å². The highest BCUT2D eigenvalue weighted by Crippen LogP contribution is 2.22. The highest BCUT2D eigenvalue weighted by Gasteiger charge is 2.38. The highest BCUT2D eigenvalue weighted by atomic mass is 32.2. The molecular formula is C13H16N2O6S. The molecule has 1 saturated heterocycles. The van der Waals surface area contributed by atoms with E-state index in [1.54, 1.807) is 0 Å². The molecule has 0 amide bonds. The predicted molar refractivity (Wildman–Crippen MR) is 78.0 cm³/mol. The van der Waals surface area contributed by atoms with Crippen LogP contribution >= 0.6 is 0 Å². The van der Waals surface area contributed by atoms with Gasteiger partial charge in [-0.2, -0.15) is 4.31 Å². The van der Waals surface area contributed by atoms with Crippen LogP contribution in [0.2, 0.25) is 0 Å². The Morgan fingerprint density at radius 2 is 2.00 bits per heavy atom. The van der Waals surface area contributed by atoms with E-state index in [4.69, 9.17) is 5.11 Å². The van der Waals surface area contributed by atoms with Gasteiger partial charge in [0.2, 0.25) is 10.0 Å². The van der Waals surface area contributed by atoms with Crippen LogP contribution in [-0.4, -0.2) is 47.1 Å². The van der Waals surface area contributed by atoms with Gasteiger partial charge in [-0.05, 0) is 24.8 Å². The first-order valence-corrected chi connectivity index (χ1v) is 8.38. The zero-order chi connectivity index (χ0) is 16.3. The van der Waals surface area contributed by atoms with Gasteiger partial charge in [0, 0.05) is 18.7 Å². The van der Waals surface area contributed by atoms with Gasteiger partial charge in [-0.1, -0.05) is 12.1 Å². The van der Waals surface area contributed by atoms with Crippen molar-refractivity contribution in [1.82, 2.24) is 4.31 Å². The molecule has 0 radical (unpaired) electrons. The Bertz CT molecular complexity index is 670. The third-order valence-electron chi connectivity index (χ3n) is 3.64. The maximum Gasteiger partial charge on any atom is 0.322 e. The monoisotopic (exact) mass is 328 g/mol. The molecule has 1 aromatic carbocycles. The molecule has 1 fully saturated rings. The number of aryl methyl sites for hydroxylation is 1. The summed E-state index contributed by atoms with van der Waals surface area (Å²) in [6.45, 7) is 0.222. The van der Waals surface area contributed by atoms with Crippen molar-refractivity contribution in [2.75, 3.05) is 12.3 Å². The minimum absolute atomic E-state index is 0.0582. The summed E-state index contributed by atoms with van der Waals surface area (Å²) in [5.74, 6) is -1.34. The third kappa shape index (κ3) is 3.60. The molecule has 22 heavy (non-hydrogen) atoms. The number of carboxylic acids is 1. The summed E-state index contributed by atoms with van der Waals surface area (Å²) in [5, 5.41) is 19.6. The summed E-state index contributed by atoms with van der Waals surface area (Å²) in [6.07, 6.45) is 1.04. The zero-order valence-electron chi connectivity index (χ0n) is 11.7. The molecule has 1 N–H and O–H groups in total. The van der Waals surface area contributed by atoms with Crippen LogP contribution in [0.25, 0.3) is 0 Å². The largest absolute Gasteiger partial charge is 0.480 e. The van der Waals surface area contributed by atoms with E-state index in [-0.39, 0.29) is 24.4 Å². The molecule has 120 valence electrons. The maximum atomic E-state index is 12.3. The molecule has 0 unspecified atom stereocenters. The topological polar surface area (TPSA) is 118 Å². The summed E-state index contributed by atoms with van der Waals surface area (Å²) in [4.78, 5) is 21.1. The predicted octanol–water partition coefficient (Wildman–Crippen LogP) is 1.02. The lowest BCUT2D eigenvalue weighted by molar-refractivity contribution is -0.384. The van der Waals surface area contributed by atoms with E-state index < -0.39 is 27.0 Å². The summed E-state index contributed by atoms with van der Waals surface area (Å²) in [6, 6.07) is 4.66. The standard InChI is InChI=1S/C13H16N2O6S/c16-13(17)12-2-1-8-14(12)22(20,21)9-7-10-3-5-11(6-4-10)15(18)19/h3-6,12H,1-2,7-9H2,(H,16,17)/t12-/m0/s1. The molecule has 1 aliphatic heterocycles. The van der Waals surface area contributed by atoms with Gasteiger partial charge in [-0.3, -0.25) is 14.9 Å². The number of nitrogens with zero attached hydrogens (tertiary/aromatic N) is 2. The van der Waals surface area contributed by atoms with Gasteiger partial charge >= 0.3 is 5.97 Å². The lowest BCUT2D eigenvalue weighted by Gasteiger charge is -2.20. The van der Waals surface area contributed by atoms with Crippen LogP contribution in [0.1, 0.15) is 18.4 Å². The molecule has 1 atom stereocenters. The van der Waals surface area contributed by atoms with Crippen LogP contribution < -0.4 is 0 Å². The number of rotatable bonds is 6. The smallest absolute Gasteiger partial charge is 0.322 e. The van der Waals surface area contributed by atoms with Crippen molar-refractivity contribution in [3.63, 3.8) is 0 Å². The number of benzene rings is 1. The Morgan fingerprint density at radius 3 is 2.55 bits per heavy atom. The highest BCUT2D eigenvalue weighted by molar-refractivity contribution is 7.89. The lowest BCUT2D eigenvalue weighted by Crippen LogP contribution is -2.41. The zero-order valence-corrected chi connectivity index (χ0v) is 12.5. The van der Waals surface area contributed by atoms with Crippen molar-refractivity contribution in [2.45, 2.75) is 25.3 Å². The number of non-ortho nitro benzene ring substituents is 1. The van der Waals surface area contributed by atoms with Gasteiger partial charge in [-0.15, -0.1) is 0 Å². The first-order chi connectivity index (χ1) is 10.3. The molecule has 2 rings (SSSR count). The molecule has 8 nitrogen and oxygen atoms in total. The average Bonchev–Trinajstić information content (AvgIpc) is 2.96. The number of hydrogen-bond acceptors (Lipinski definition) is 5. The Kier molecular flexibility index (Phi) is 4.77. The van der Waals surface area contributed by atoms with Gasteiger partial charge in [0.25, 0.3) is 5.69 Å². The minimum Gasteiger partial charge on any atom is -0.480 e. The third-order valence-corrected chi connectivity index (χ3v) is 5.51. The Labute approximate surface area is 127 Å². The average molecular weight is 328 g/mol. The molecule has 1 aromatic rings. The number of nitro benzene ring substituents is 1. The fourth-order valence-corrected chi connectivity index (χ4v) is 4.19. The second-order valence-corrected chi connectivity index (χ2v) is 7.14. The van der Waals surface area contributed by atoms with E-state index in [1.165, 1.54) is 24.3 Å². The SMILES string of the molecule is O=C(O)[C@@H]1CCCN1S(=O)(=O)CCc1ccc([N+](=O)[O-])cc1. The first-order valence-electron chi connectivity index (χ1n) is 6.77. The molecule has 0 spiro atoms. The van der Waals surface area contributed by atoms with Crippen molar-refractivity contribution in [3.8, 4) is 0 Å². The number of nitro groups is 1. The molecule has 1 aliphatic rings. The lowest BCUT2D eigenvalue weighted by atomic mass is 10.1. The normalized spacial score (nSPS) is 19.2. The molecule has 0 saturated carbocycles. The van der Waals surface area contributed by atoms with Crippen molar-refractivity contribution in [2.24, 2.45) is 0 Å². The Morgan fingerprint density at radius 1 is 1.36 bits per heavy atom. The van der Waals surface area contributed by atoms with Crippen LogP contribution in [0.15, 0.2) is 24.3 Å². The van der Waals surface area contributed by atoms with E-state index in [0.29, 0.717) is 18.4 Å². The summed E-state index contributed by atoms with van der Waals surface area (Å²) in [5.41, 5.74) is 0.595. The van der Waals surface area contributed by atoms with E-state index in [1.807, 2.05) is 0 Å². The second-order valence-electron chi connectivity index (χ2n) is 5.10. The Balaban J connectivity index is 2.03. The fraction of sp³-hybridized carbons (Fsp3) is 0.462. The molecule has 0 bridgehead atoms. The van der Waals surface area contributed by atoms with Crippen molar-refractivity contribution in [3.05, 3.63) is 39.9 Å². The Hall–Kier alpha value is -2.00. The number of carboxylic acid groups (broad SMARTS) is 1. The number of carbonyl (C=O) groups is 1. The van der Waals surface area contributed by atoms with Gasteiger partial charge in [0.1, 0.15) is 6.04 Å². The molecule has 0 aliphatic carbocycles. The van der Waals surface area contributed by atoms with E-state index in [9.17, 15) is 23.3 Å². The second kappa shape index (κ2) is 6.41. The van der Waals surface area contributed by atoms with E-state index in [2.05, 4.69) is 0 Å². The van der Waals surface area contributed by atoms with Gasteiger partial charge in [0.15, 0.2) is 0 Å². The molecule has 9 heteroatoms. The summed E-state index contributed by atoms with van der Waals surface area (Å²) < 4.78 is 25.5. The van der Waals surface area contributed by atoms with Crippen LogP contribution in [0.4, 0.5) is 5.69 Å². The van der Waals surface area contributed by atoms with Gasteiger partial charge < -0.3 is 5.11 Å². The van der Waals surface area contributed by atoms with Crippen LogP contribution in [-0.2, 0) is 21.2 Å². The molecule has 0 aromatic heterocycles. The number of hydrogen-bond donors (Lipinski definition) is 1. The minimum atomic E-state index is -3.66. The summed E-state index contributed by atoms with van der Waals surface area (Å²) in [7, 11) is -3.66. The quantitative estimate of drug-likeness (QED) is 0.615. The van der Waals surface area contributed by atoms with Crippen molar-refractivity contribution in [1.29, 1.82) is 0 Å².